The van der Waals surface area contributed by atoms with Gasteiger partial charge in [0.05, 0.1) is 33.0 Å². The molecule has 0 bridgehead atoms. The van der Waals surface area contributed by atoms with Gasteiger partial charge in [-0.1, -0.05) is 18.2 Å². The molecule has 0 fully saturated rings. The lowest BCUT2D eigenvalue weighted by Crippen LogP contribution is -2.24. The highest BCUT2D eigenvalue weighted by Gasteiger charge is 2.08. The van der Waals surface area contributed by atoms with Crippen molar-refractivity contribution in [3.05, 3.63) is 35.6 Å². The van der Waals surface area contributed by atoms with Crippen LogP contribution < -0.4 is 5.32 Å². The molecule has 1 N–H and O–H groups in total. The molecule has 0 saturated carbocycles. The number of rotatable bonds is 11. The van der Waals surface area contributed by atoms with Gasteiger partial charge < -0.3 is 19.5 Å². The fourth-order valence-electron chi connectivity index (χ4n) is 1.75. The minimum Gasteiger partial charge on any atom is -0.382 e. The number of ether oxygens (including phenoxy) is 3. The van der Waals surface area contributed by atoms with Gasteiger partial charge >= 0.3 is 0 Å². The van der Waals surface area contributed by atoms with E-state index in [0.717, 1.165) is 0 Å². The van der Waals surface area contributed by atoms with Crippen LogP contribution in [-0.4, -0.2) is 46.7 Å². The van der Waals surface area contributed by atoms with Crippen LogP contribution in [0.15, 0.2) is 24.3 Å². The van der Waals surface area contributed by atoms with Crippen LogP contribution in [0.25, 0.3) is 0 Å². The molecular weight excluding hydrogens is 261 g/mol. The van der Waals surface area contributed by atoms with Crippen LogP contribution in [0, 0.1) is 5.82 Å². The Morgan fingerprint density at radius 2 is 1.70 bits per heavy atom. The summed E-state index contributed by atoms with van der Waals surface area (Å²) in [5, 5.41) is 3.23. The highest BCUT2D eigenvalue weighted by molar-refractivity contribution is 5.20. The summed E-state index contributed by atoms with van der Waals surface area (Å²) in [6, 6.07) is 6.76. The lowest BCUT2D eigenvalue weighted by molar-refractivity contribution is 0.0253. The highest BCUT2D eigenvalue weighted by Crippen LogP contribution is 2.15. The zero-order valence-corrected chi connectivity index (χ0v) is 12.2. The molecule has 0 saturated heterocycles. The van der Waals surface area contributed by atoms with Crippen LogP contribution in [0.2, 0.25) is 0 Å². The Morgan fingerprint density at radius 3 is 2.40 bits per heavy atom. The Balaban J connectivity index is 2.03. The van der Waals surface area contributed by atoms with Crippen molar-refractivity contribution in [1.82, 2.24) is 5.32 Å². The minimum atomic E-state index is -0.181. The van der Waals surface area contributed by atoms with Crippen molar-refractivity contribution in [3.8, 4) is 0 Å². The zero-order chi connectivity index (χ0) is 14.6. The summed E-state index contributed by atoms with van der Waals surface area (Å²) in [6.45, 7) is 5.49. The van der Waals surface area contributed by atoms with E-state index in [4.69, 9.17) is 14.2 Å². The van der Waals surface area contributed by atoms with Crippen LogP contribution in [0.5, 0.6) is 0 Å². The first kappa shape index (κ1) is 17.0. The summed E-state index contributed by atoms with van der Waals surface area (Å²) >= 11 is 0. The normalized spacial score (nSPS) is 12.6. The Kier molecular flexibility index (Phi) is 9.15. The first-order valence-corrected chi connectivity index (χ1v) is 6.88. The molecule has 0 radical (unpaired) electrons. The molecule has 1 aromatic rings. The van der Waals surface area contributed by atoms with Gasteiger partial charge in [0.25, 0.3) is 0 Å². The van der Waals surface area contributed by atoms with Crippen LogP contribution in [-0.2, 0) is 14.2 Å². The topological polar surface area (TPSA) is 39.7 Å². The number of methoxy groups -OCH3 is 1. The molecule has 0 amide bonds. The zero-order valence-electron chi connectivity index (χ0n) is 12.2. The van der Waals surface area contributed by atoms with E-state index in [0.29, 0.717) is 45.1 Å². The molecule has 0 aliphatic carbocycles. The van der Waals surface area contributed by atoms with Gasteiger partial charge in [0, 0.05) is 25.3 Å². The number of hydrogen-bond acceptors (Lipinski definition) is 4. The largest absolute Gasteiger partial charge is 0.382 e. The maximum Gasteiger partial charge on any atom is 0.127 e. The second-order valence-electron chi connectivity index (χ2n) is 4.41. The molecular formula is C15H24FNO3. The molecule has 0 aliphatic heterocycles. The number of nitrogens with one attached hydrogen (secondary N) is 1. The first-order valence-electron chi connectivity index (χ1n) is 6.88. The van der Waals surface area contributed by atoms with E-state index < -0.39 is 0 Å². The second kappa shape index (κ2) is 10.7. The van der Waals surface area contributed by atoms with Crippen LogP contribution in [0.4, 0.5) is 4.39 Å². The van der Waals surface area contributed by atoms with Gasteiger partial charge in [-0.15, -0.1) is 0 Å². The van der Waals surface area contributed by atoms with Crippen LogP contribution in [0.1, 0.15) is 18.5 Å². The van der Waals surface area contributed by atoms with Gasteiger partial charge in [-0.3, -0.25) is 0 Å². The van der Waals surface area contributed by atoms with Gasteiger partial charge in [-0.2, -0.15) is 0 Å². The molecule has 0 aromatic heterocycles. The fraction of sp³-hybridized carbons (Fsp3) is 0.600. The van der Waals surface area contributed by atoms with Gasteiger partial charge in [0.2, 0.25) is 0 Å². The van der Waals surface area contributed by atoms with Gasteiger partial charge in [0.1, 0.15) is 5.82 Å². The maximum absolute atomic E-state index is 13.5. The van der Waals surface area contributed by atoms with Crippen molar-refractivity contribution in [2.24, 2.45) is 0 Å². The fourth-order valence-corrected chi connectivity index (χ4v) is 1.75. The number of halogens is 1. The Labute approximate surface area is 120 Å². The summed E-state index contributed by atoms with van der Waals surface area (Å²) in [7, 11) is 1.64. The molecule has 0 spiro atoms. The summed E-state index contributed by atoms with van der Waals surface area (Å²) in [5.74, 6) is -0.181. The summed E-state index contributed by atoms with van der Waals surface area (Å²) in [5.41, 5.74) is 0.676. The van der Waals surface area contributed by atoms with Gasteiger partial charge in [0.15, 0.2) is 0 Å². The Morgan fingerprint density at radius 1 is 1.05 bits per heavy atom. The first-order chi connectivity index (χ1) is 9.75. The van der Waals surface area contributed by atoms with E-state index in [1.54, 1.807) is 19.2 Å². The van der Waals surface area contributed by atoms with Crippen molar-refractivity contribution >= 4 is 0 Å². The lowest BCUT2D eigenvalue weighted by Gasteiger charge is -2.15. The molecule has 1 aromatic carbocycles. The highest BCUT2D eigenvalue weighted by atomic mass is 19.1. The third-order valence-electron chi connectivity index (χ3n) is 2.87. The summed E-state index contributed by atoms with van der Waals surface area (Å²) in [4.78, 5) is 0. The minimum absolute atomic E-state index is 0.0299. The molecule has 1 atom stereocenters. The smallest absolute Gasteiger partial charge is 0.127 e. The van der Waals surface area contributed by atoms with E-state index in [1.165, 1.54) is 6.07 Å². The molecule has 4 nitrogen and oxygen atoms in total. The van der Waals surface area contributed by atoms with Gasteiger partial charge in [-0.25, -0.2) is 4.39 Å². The van der Waals surface area contributed by atoms with Crippen LogP contribution >= 0.6 is 0 Å². The third-order valence-corrected chi connectivity index (χ3v) is 2.87. The quantitative estimate of drug-likeness (QED) is 0.632. The second-order valence-corrected chi connectivity index (χ2v) is 4.41. The van der Waals surface area contributed by atoms with E-state index in [2.05, 4.69) is 5.32 Å². The lowest BCUT2D eigenvalue weighted by atomic mass is 10.1. The van der Waals surface area contributed by atoms with Crippen molar-refractivity contribution < 1.29 is 18.6 Å². The predicted octanol–water partition coefficient (Wildman–Crippen LogP) is 2.16. The van der Waals surface area contributed by atoms with Crippen molar-refractivity contribution in [2.45, 2.75) is 13.0 Å². The Hall–Kier alpha value is -1.01. The maximum atomic E-state index is 13.5. The molecule has 114 valence electrons. The molecule has 1 unspecified atom stereocenters. The molecule has 20 heavy (non-hydrogen) atoms. The molecule has 0 heterocycles. The monoisotopic (exact) mass is 285 g/mol. The van der Waals surface area contributed by atoms with Gasteiger partial charge in [-0.05, 0) is 13.0 Å². The van der Waals surface area contributed by atoms with E-state index in [1.807, 2.05) is 13.0 Å². The average molecular weight is 285 g/mol. The number of benzene rings is 1. The Bertz CT molecular complexity index is 363. The average Bonchev–Trinajstić information content (AvgIpc) is 2.46. The van der Waals surface area contributed by atoms with E-state index in [-0.39, 0.29) is 11.9 Å². The molecule has 1 rings (SSSR count). The van der Waals surface area contributed by atoms with E-state index in [9.17, 15) is 4.39 Å². The van der Waals surface area contributed by atoms with E-state index >= 15 is 0 Å². The van der Waals surface area contributed by atoms with Crippen molar-refractivity contribution in [3.63, 3.8) is 0 Å². The molecule has 0 aliphatic rings. The summed E-state index contributed by atoms with van der Waals surface area (Å²) < 4.78 is 29.1. The third kappa shape index (κ3) is 6.96. The molecule has 5 heteroatoms. The van der Waals surface area contributed by atoms with Crippen molar-refractivity contribution in [1.29, 1.82) is 0 Å². The van der Waals surface area contributed by atoms with Crippen molar-refractivity contribution in [2.75, 3.05) is 46.7 Å². The van der Waals surface area contributed by atoms with Crippen LogP contribution in [0.3, 0.4) is 0 Å². The summed E-state index contributed by atoms with van der Waals surface area (Å²) in [6.07, 6.45) is 0. The standard InChI is InChI=1S/C15H24FNO3/c1-13(14-5-3-4-6-15(14)16)17-7-8-19-11-12-20-10-9-18-2/h3-6,13,17H,7-12H2,1-2H3. The number of hydrogen-bond donors (Lipinski definition) is 1. The predicted molar refractivity (Wildman–Crippen MR) is 76.3 cm³/mol. The SMILES string of the molecule is COCCOCCOCCNC(C)c1ccccc1F.